The Bertz CT molecular complexity index is 1040. The minimum atomic E-state index is -0.0717. The van der Waals surface area contributed by atoms with Crippen LogP contribution in [-0.2, 0) is 0 Å². The highest BCUT2D eigenvalue weighted by Crippen LogP contribution is 2.39. The van der Waals surface area contributed by atoms with Gasteiger partial charge in [0.1, 0.15) is 0 Å². The number of amides is 2. The molecule has 2 amide bonds. The maximum absolute atomic E-state index is 13.4. The van der Waals surface area contributed by atoms with E-state index in [1.807, 2.05) is 36.9 Å². The molecule has 32 heavy (non-hydrogen) atoms. The summed E-state index contributed by atoms with van der Waals surface area (Å²) in [5, 5.41) is 2.93. The summed E-state index contributed by atoms with van der Waals surface area (Å²) < 4.78 is 0. The molecule has 0 unspecified atom stereocenters. The topological polar surface area (TPSA) is 49.4 Å². The van der Waals surface area contributed by atoms with Crippen molar-refractivity contribution in [3.8, 4) is 12.3 Å². The van der Waals surface area contributed by atoms with E-state index < -0.39 is 0 Å². The van der Waals surface area contributed by atoms with Crippen LogP contribution in [0.4, 0.5) is 0 Å². The number of aryl methyl sites for hydroxylation is 1. The van der Waals surface area contributed by atoms with E-state index in [4.69, 9.17) is 6.42 Å². The number of hydrogen-bond donors (Lipinski definition) is 1. The fourth-order valence-electron chi connectivity index (χ4n) is 4.91. The molecule has 2 fully saturated rings. The molecule has 1 N–H and O–H groups in total. The van der Waals surface area contributed by atoms with E-state index >= 15 is 0 Å². The van der Waals surface area contributed by atoms with Gasteiger partial charge in [0.25, 0.3) is 11.8 Å². The molecular weight excluding hydrogens is 396 g/mol. The fraction of sp³-hybridized carbons (Fsp3) is 0.429. The van der Waals surface area contributed by atoms with Gasteiger partial charge in [-0.2, -0.15) is 0 Å². The Hall–Kier alpha value is -3.06. The molecule has 1 saturated heterocycles. The third kappa shape index (κ3) is 4.43. The molecule has 1 aliphatic carbocycles. The average molecular weight is 429 g/mol. The summed E-state index contributed by atoms with van der Waals surface area (Å²) in [6.45, 7) is 5.94. The van der Waals surface area contributed by atoms with Gasteiger partial charge in [0.15, 0.2) is 0 Å². The van der Waals surface area contributed by atoms with E-state index in [0.717, 1.165) is 55.5 Å². The molecule has 2 aliphatic rings. The van der Waals surface area contributed by atoms with Crippen molar-refractivity contribution in [2.75, 3.05) is 19.6 Å². The lowest BCUT2D eigenvalue weighted by Crippen LogP contribution is -2.38. The lowest BCUT2D eigenvalue weighted by Gasteiger charge is -2.33. The van der Waals surface area contributed by atoms with Gasteiger partial charge in [0.05, 0.1) is 0 Å². The van der Waals surface area contributed by atoms with E-state index in [2.05, 4.69) is 29.4 Å². The molecule has 4 heteroatoms. The first kappa shape index (κ1) is 22.1. The van der Waals surface area contributed by atoms with E-state index in [0.29, 0.717) is 29.5 Å². The largest absolute Gasteiger partial charge is 0.352 e. The average Bonchev–Trinajstić information content (AvgIpc) is 2.78. The van der Waals surface area contributed by atoms with E-state index in [9.17, 15) is 9.59 Å². The predicted octanol–water partition coefficient (Wildman–Crippen LogP) is 5.01. The van der Waals surface area contributed by atoms with Gasteiger partial charge in [-0.05, 0) is 86.3 Å². The lowest BCUT2D eigenvalue weighted by molar-refractivity contribution is 0.0712. The molecule has 0 bridgehead atoms. The van der Waals surface area contributed by atoms with Gasteiger partial charge in [-0.15, -0.1) is 6.42 Å². The summed E-state index contributed by atoms with van der Waals surface area (Å²) in [6.07, 6.45) is 10.8. The Morgan fingerprint density at radius 3 is 2.28 bits per heavy atom. The van der Waals surface area contributed by atoms with Gasteiger partial charge in [-0.25, -0.2) is 0 Å². The molecule has 2 aromatic rings. The minimum absolute atomic E-state index is 0.0364. The Labute approximate surface area is 191 Å². The van der Waals surface area contributed by atoms with Crippen molar-refractivity contribution in [3.63, 3.8) is 0 Å². The van der Waals surface area contributed by atoms with Gasteiger partial charge in [-0.3, -0.25) is 9.59 Å². The Morgan fingerprint density at radius 2 is 1.72 bits per heavy atom. The normalized spacial score (nSPS) is 16.8. The molecule has 2 aromatic carbocycles. The van der Waals surface area contributed by atoms with Crippen LogP contribution in [0.2, 0.25) is 0 Å². The second-order valence-electron chi connectivity index (χ2n) is 9.07. The van der Waals surface area contributed by atoms with Crippen molar-refractivity contribution in [1.82, 2.24) is 10.2 Å². The zero-order chi connectivity index (χ0) is 22.7. The van der Waals surface area contributed by atoms with Gasteiger partial charge >= 0.3 is 0 Å². The molecule has 0 radical (unpaired) electrons. The number of nitrogens with zero attached hydrogens (tertiary/aromatic N) is 1. The maximum Gasteiger partial charge on any atom is 0.254 e. The second-order valence-corrected chi connectivity index (χ2v) is 9.07. The summed E-state index contributed by atoms with van der Waals surface area (Å²) in [4.78, 5) is 28.1. The van der Waals surface area contributed by atoms with Crippen LogP contribution in [-0.4, -0.2) is 36.3 Å². The van der Waals surface area contributed by atoms with Crippen molar-refractivity contribution < 1.29 is 9.59 Å². The van der Waals surface area contributed by atoms with Crippen molar-refractivity contribution in [2.45, 2.75) is 57.8 Å². The second kappa shape index (κ2) is 9.61. The first-order valence-corrected chi connectivity index (χ1v) is 11.8. The molecule has 4 nitrogen and oxygen atoms in total. The molecule has 166 valence electrons. The van der Waals surface area contributed by atoms with E-state index in [1.54, 1.807) is 0 Å². The Kier molecular flexibility index (Phi) is 6.65. The lowest BCUT2D eigenvalue weighted by atomic mass is 9.77. The Morgan fingerprint density at radius 1 is 1.03 bits per heavy atom. The van der Waals surface area contributed by atoms with Gasteiger partial charge in [0.2, 0.25) is 0 Å². The number of nitrogens with one attached hydrogen (secondary N) is 1. The summed E-state index contributed by atoms with van der Waals surface area (Å²) >= 11 is 0. The molecule has 0 spiro atoms. The summed E-state index contributed by atoms with van der Waals surface area (Å²) in [7, 11) is 0. The number of benzene rings is 2. The molecule has 1 heterocycles. The number of carbonyl (C=O) groups excluding carboxylic acids is 2. The van der Waals surface area contributed by atoms with Crippen LogP contribution in [0.5, 0.6) is 0 Å². The van der Waals surface area contributed by atoms with Gasteiger partial charge < -0.3 is 10.2 Å². The zero-order valence-electron chi connectivity index (χ0n) is 19.1. The van der Waals surface area contributed by atoms with Crippen molar-refractivity contribution in [3.05, 3.63) is 69.8 Å². The van der Waals surface area contributed by atoms with Crippen LogP contribution in [0.15, 0.2) is 36.4 Å². The van der Waals surface area contributed by atoms with Crippen LogP contribution in [0, 0.1) is 19.3 Å². The van der Waals surface area contributed by atoms with E-state index in [-0.39, 0.29) is 11.8 Å². The maximum atomic E-state index is 13.4. The minimum Gasteiger partial charge on any atom is -0.352 e. The highest BCUT2D eigenvalue weighted by molar-refractivity contribution is 6.01. The molecule has 1 aliphatic heterocycles. The van der Waals surface area contributed by atoms with Crippen molar-refractivity contribution >= 4 is 11.8 Å². The van der Waals surface area contributed by atoms with Crippen LogP contribution in [0.3, 0.4) is 0 Å². The molecule has 4 rings (SSSR count). The molecule has 0 atom stereocenters. The number of terminal acetylenes is 1. The number of hydrogen-bond acceptors (Lipinski definition) is 2. The van der Waals surface area contributed by atoms with Crippen LogP contribution < -0.4 is 5.32 Å². The Balaban J connectivity index is 1.51. The van der Waals surface area contributed by atoms with E-state index in [1.165, 1.54) is 12.0 Å². The first-order valence-electron chi connectivity index (χ1n) is 11.8. The predicted molar refractivity (Wildman–Crippen MR) is 128 cm³/mol. The summed E-state index contributed by atoms with van der Waals surface area (Å²) in [5.41, 5.74) is 5.59. The van der Waals surface area contributed by atoms with Crippen LogP contribution in [0.1, 0.15) is 93.8 Å². The standard InChI is InChI=1S/C28H32N2O2/c1-4-20-9-11-21(12-10-20)22-13-15-30(16-14-22)28(32)24-18-26(27(31)29-5-2)25(17-19(24)3)23-7-6-8-23/h1,9-12,17-18,22-23H,5-8,13-16H2,2-3H3,(H,29,31). The van der Waals surface area contributed by atoms with Crippen LogP contribution >= 0.6 is 0 Å². The third-order valence-corrected chi connectivity index (χ3v) is 7.08. The monoisotopic (exact) mass is 428 g/mol. The summed E-state index contributed by atoms with van der Waals surface area (Å²) in [6, 6.07) is 12.1. The third-order valence-electron chi connectivity index (χ3n) is 7.08. The van der Waals surface area contributed by atoms with Gasteiger partial charge in [-0.1, -0.05) is 30.5 Å². The van der Waals surface area contributed by atoms with Crippen LogP contribution in [0.25, 0.3) is 0 Å². The van der Waals surface area contributed by atoms with Crippen molar-refractivity contribution in [1.29, 1.82) is 0 Å². The molecular formula is C28H32N2O2. The zero-order valence-corrected chi connectivity index (χ0v) is 19.1. The first-order chi connectivity index (χ1) is 15.5. The fourth-order valence-corrected chi connectivity index (χ4v) is 4.91. The number of likely N-dealkylation sites (tertiary alicyclic amines) is 1. The summed E-state index contributed by atoms with van der Waals surface area (Å²) in [5.74, 6) is 3.50. The number of rotatable bonds is 5. The number of carbonyl (C=O) groups is 2. The highest BCUT2D eigenvalue weighted by Gasteiger charge is 2.29. The quantitative estimate of drug-likeness (QED) is 0.681. The molecule has 1 saturated carbocycles. The van der Waals surface area contributed by atoms with Gasteiger partial charge in [0, 0.05) is 36.3 Å². The number of piperidine rings is 1. The highest BCUT2D eigenvalue weighted by atomic mass is 16.2. The van der Waals surface area contributed by atoms with Crippen molar-refractivity contribution in [2.24, 2.45) is 0 Å². The molecule has 0 aromatic heterocycles. The smallest absolute Gasteiger partial charge is 0.254 e. The SMILES string of the molecule is C#Cc1ccc(C2CCN(C(=O)c3cc(C(=O)NCC)c(C4CCC4)cc3C)CC2)cc1.